The first-order chi connectivity index (χ1) is 6.68. The lowest BCUT2D eigenvalue weighted by Crippen LogP contribution is -2.45. The summed E-state index contributed by atoms with van der Waals surface area (Å²) in [6, 6.07) is 3.74. The maximum Gasteiger partial charge on any atom is 0.131 e. The third-order valence-corrected chi connectivity index (χ3v) is 2.55. The highest BCUT2D eigenvalue weighted by atomic mass is 35.5. The zero-order valence-electron chi connectivity index (χ0n) is 8.09. The lowest BCUT2D eigenvalue weighted by molar-refractivity contribution is -0.0924. The fourth-order valence-corrected chi connectivity index (χ4v) is 1.55. The number of hydrogen-bond donors (Lipinski definition) is 1. The van der Waals surface area contributed by atoms with Crippen LogP contribution < -0.4 is 5.32 Å². The highest BCUT2D eigenvalue weighted by Gasteiger charge is 2.32. The van der Waals surface area contributed by atoms with Crippen molar-refractivity contribution in [2.24, 2.45) is 5.41 Å². The second-order valence-corrected chi connectivity index (χ2v) is 4.41. The maximum absolute atomic E-state index is 5.77. The first-order valence-corrected chi connectivity index (χ1v) is 4.99. The van der Waals surface area contributed by atoms with Crippen LogP contribution in [0.1, 0.15) is 6.92 Å². The van der Waals surface area contributed by atoms with E-state index in [1.54, 1.807) is 6.20 Å². The summed E-state index contributed by atoms with van der Waals surface area (Å²) >= 11 is 5.77. The molecule has 0 aliphatic carbocycles. The molecule has 3 nitrogen and oxygen atoms in total. The van der Waals surface area contributed by atoms with E-state index in [9.17, 15) is 0 Å². The SMILES string of the molecule is CC1(CNc2ccnc(Cl)c2)COC1. The first-order valence-electron chi connectivity index (χ1n) is 4.61. The van der Waals surface area contributed by atoms with Gasteiger partial charge in [0, 0.05) is 23.8 Å². The molecule has 0 radical (unpaired) electrons. The van der Waals surface area contributed by atoms with Gasteiger partial charge in [-0.3, -0.25) is 0 Å². The smallest absolute Gasteiger partial charge is 0.131 e. The molecular weight excluding hydrogens is 200 g/mol. The van der Waals surface area contributed by atoms with Crippen LogP contribution in [-0.4, -0.2) is 24.7 Å². The normalized spacial score (nSPS) is 18.7. The highest BCUT2D eigenvalue weighted by molar-refractivity contribution is 6.29. The van der Waals surface area contributed by atoms with Crippen LogP contribution in [0.4, 0.5) is 5.69 Å². The molecule has 0 bridgehead atoms. The molecule has 1 fully saturated rings. The lowest BCUT2D eigenvalue weighted by atomic mass is 9.89. The van der Waals surface area contributed by atoms with E-state index >= 15 is 0 Å². The zero-order valence-corrected chi connectivity index (χ0v) is 8.84. The summed E-state index contributed by atoms with van der Waals surface area (Å²) < 4.78 is 5.17. The van der Waals surface area contributed by atoms with Crippen LogP contribution in [0, 0.1) is 5.41 Å². The minimum Gasteiger partial charge on any atom is -0.384 e. The van der Waals surface area contributed by atoms with E-state index in [1.807, 2.05) is 12.1 Å². The number of anilines is 1. The first kappa shape index (κ1) is 9.74. The van der Waals surface area contributed by atoms with E-state index in [-0.39, 0.29) is 5.41 Å². The van der Waals surface area contributed by atoms with Crippen molar-refractivity contribution in [1.29, 1.82) is 0 Å². The number of pyridine rings is 1. The molecule has 2 heterocycles. The number of hydrogen-bond acceptors (Lipinski definition) is 3. The minimum atomic E-state index is 0.274. The molecule has 4 heteroatoms. The predicted molar refractivity (Wildman–Crippen MR) is 56.7 cm³/mol. The molecule has 14 heavy (non-hydrogen) atoms. The number of aromatic nitrogens is 1. The van der Waals surface area contributed by atoms with Crippen molar-refractivity contribution in [3.05, 3.63) is 23.5 Å². The largest absolute Gasteiger partial charge is 0.384 e. The Balaban J connectivity index is 1.91. The molecule has 76 valence electrons. The summed E-state index contributed by atoms with van der Waals surface area (Å²) in [5.41, 5.74) is 1.29. The average Bonchev–Trinajstić information content (AvgIpc) is 2.12. The Morgan fingerprint density at radius 1 is 1.64 bits per heavy atom. The monoisotopic (exact) mass is 212 g/mol. The van der Waals surface area contributed by atoms with Crippen LogP contribution in [0.3, 0.4) is 0 Å². The number of nitrogens with zero attached hydrogens (tertiary/aromatic N) is 1. The van der Waals surface area contributed by atoms with E-state index in [4.69, 9.17) is 16.3 Å². The van der Waals surface area contributed by atoms with Crippen LogP contribution in [-0.2, 0) is 4.74 Å². The summed E-state index contributed by atoms with van der Waals surface area (Å²) in [4.78, 5) is 3.92. The van der Waals surface area contributed by atoms with Crippen molar-refractivity contribution < 1.29 is 4.74 Å². The van der Waals surface area contributed by atoms with Gasteiger partial charge in [-0.2, -0.15) is 0 Å². The number of ether oxygens (including phenoxy) is 1. The minimum absolute atomic E-state index is 0.274. The molecule has 0 amide bonds. The molecule has 1 N–H and O–H groups in total. The van der Waals surface area contributed by atoms with Crippen LogP contribution >= 0.6 is 11.6 Å². The van der Waals surface area contributed by atoms with Gasteiger partial charge in [0.2, 0.25) is 0 Å². The quantitative estimate of drug-likeness (QED) is 0.780. The summed E-state index contributed by atoms with van der Waals surface area (Å²) in [6.07, 6.45) is 1.70. The van der Waals surface area contributed by atoms with Crippen LogP contribution in [0.5, 0.6) is 0 Å². The molecule has 1 aromatic heterocycles. The van der Waals surface area contributed by atoms with Gasteiger partial charge < -0.3 is 10.1 Å². The fourth-order valence-electron chi connectivity index (χ4n) is 1.38. The van der Waals surface area contributed by atoms with Crippen molar-refractivity contribution in [3.8, 4) is 0 Å². The number of rotatable bonds is 3. The van der Waals surface area contributed by atoms with Gasteiger partial charge in [-0.15, -0.1) is 0 Å². The van der Waals surface area contributed by atoms with Gasteiger partial charge in [0.05, 0.1) is 13.2 Å². The van der Waals surface area contributed by atoms with Crippen LogP contribution in [0.25, 0.3) is 0 Å². The number of halogens is 1. The van der Waals surface area contributed by atoms with Gasteiger partial charge in [-0.1, -0.05) is 18.5 Å². The Bertz CT molecular complexity index is 326. The fraction of sp³-hybridized carbons (Fsp3) is 0.500. The molecule has 1 saturated heterocycles. The van der Waals surface area contributed by atoms with E-state index in [0.29, 0.717) is 5.15 Å². The number of nitrogens with one attached hydrogen (secondary N) is 1. The van der Waals surface area contributed by atoms with Crippen LogP contribution in [0.2, 0.25) is 5.15 Å². The summed E-state index contributed by atoms with van der Waals surface area (Å²) in [6.45, 7) is 4.78. The van der Waals surface area contributed by atoms with E-state index in [2.05, 4.69) is 17.2 Å². The molecule has 0 aromatic carbocycles. The summed E-state index contributed by atoms with van der Waals surface area (Å²) in [5.74, 6) is 0. The molecule has 0 atom stereocenters. The van der Waals surface area contributed by atoms with Gasteiger partial charge in [-0.05, 0) is 12.1 Å². The van der Waals surface area contributed by atoms with Crippen molar-refractivity contribution in [1.82, 2.24) is 4.98 Å². The molecular formula is C10H13ClN2O. The zero-order chi connectivity index (χ0) is 10.0. The Kier molecular flexibility index (Phi) is 2.61. The van der Waals surface area contributed by atoms with Gasteiger partial charge >= 0.3 is 0 Å². The third-order valence-electron chi connectivity index (χ3n) is 2.35. The second kappa shape index (κ2) is 3.75. The molecule has 1 aliphatic heterocycles. The second-order valence-electron chi connectivity index (χ2n) is 4.02. The molecule has 2 rings (SSSR count). The molecule has 0 spiro atoms. The standard InChI is InChI=1S/C10H13ClN2O/c1-10(6-14-7-10)5-13-8-2-3-12-9(11)4-8/h2-4H,5-7H2,1H3,(H,12,13). The van der Waals surface area contributed by atoms with Gasteiger partial charge in [-0.25, -0.2) is 4.98 Å². The van der Waals surface area contributed by atoms with Gasteiger partial charge in [0.15, 0.2) is 0 Å². The Morgan fingerprint density at radius 2 is 2.43 bits per heavy atom. The van der Waals surface area contributed by atoms with Crippen molar-refractivity contribution >= 4 is 17.3 Å². The molecule has 0 saturated carbocycles. The molecule has 1 aromatic rings. The predicted octanol–water partition coefficient (Wildman–Crippen LogP) is 2.18. The van der Waals surface area contributed by atoms with Crippen LogP contribution in [0.15, 0.2) is 18.3 Å². The molecule has 0 unspecified atom stereocenters. The highest BCUT2D eigenvalue weighted by Crippen LogP contribution is 2.26. The topological polar surface area (TPSA) is 34.2 Å². The summed E-state index contributed by atoms with van der Waals surface area (Å²) in [7, 11) is 0. The maximum atomic E-state index is 5.77. The average molecular weight is 213 g/mol. The van der Waals surface area contributed by atoms with Crippen molar-refractivity contribution in [3.63, 3.8) is 0 Å². The molecule has 1 aliphatic rings. The van der Waals surface area contributed by atoms with Gasteiger partial charge in [0.25, 0.3) is 0 Å². The summed E-state index contributed by atoms with van der Waals surface area (Å²) in [5, 5.41) is 3.84. The lowest BCUT2D eigenvalue weighted by Gasteiger charge is -2.38. The third kappa shape index (κ3) is 2.16. The Labute approximate surface area is 88.4 Å². The Morgan fingerprint density at radius 3 is 3.00 bits per heavy atom. The Hall–Kier alpha value is -0.800. The van der Waals surface area contributed by atoms with E-state index < -0.39 is 0 Å². The van der Waals surface area contributed by atoms with Crippen molar-refractivity contribution in [2.45, 2.75) is 6.92 Å². The van der Waals surface area contributed by atoms with Gasteiger partial charge in [0.1, 0.15) is 5.15 Å². The van der Waals surface area contributed by atoms with E-state index in [0.717, 1.165) is 25.4 Å². The van der Waals surface area contributed by atoms with Crippen molar-refractivity contribution in [2.75, 3.05) is 25.1 Å². The van der Waals surface area contributed by atoms with E-state index in [1.165, 1.54) is 0 Å².